The molecule has 0 spiro atoms. The smallest absolute Gasteiger partial charge is 0.336 e. The van der Waals surface area contributed by atoms with Crippen LogP contribution in [0.5, 0.6) is 0 Å². The number of thiophene rings is 1. The first-order valence-electron chi connectivity index (χ1n) is 3.31. The van der Waals surface area contributed by atoms with Gasteiger partial charge in [0.05, 0.1) is 11.8 Å². The highest BCUT2D eigenvalue weighted by Gasteiger charge is 2.03. The summed E-state index contributed by atoms with van der Waals surface area (Å²) in [4.78, 5) is 20.9. The summed E-state index contributed by atoms with van der Waals surface area (Å²) >= 11 is 1.26. The van der Waals surface area contributed by atoms with Crippen LogP contribution >= 0.6 is 11.3 Å². The number of rotatable bonds is 4. The van der Waals surface area contributed by atoms with Crippen molar-refractivity contribution in [3.63, 3.8) is 0 Å². The van der Waals surface area contributed by atoms with Crippen LogP contribution in [0.15, 0.2) is 17.7 Å². The Morgan fingerprint density at radius 2 is 2.38 bits per heavy atom. The minimum atomic E-state index is -0.966. The molecule has 0 saturated carbocycles. The fraction of sp³-hybridized carbons (Fsp3) is 0. The minimum absolute atomic E-state index is 0.232. The highest BCUT2D eigenvalue weighted by molar-refractivity contribution is 7.11. The van der Waals surface area contributed by atoms with Gasteiger partial charge in [0.2, 0.25) is 0 Å². The van der Waals surface area contributed by atoms with Gasteiger partial charge in [0.1, 0.15) is 0 Å². The summed E-state index contributed by atoms with van der Waals surface area (Å²) in [5.41, 5.74) is 0.232. The van der Waals surface area contributed by atoms with E-state index in [1.807, 2.05) is 0 Å². The third-order valence-corrected chi connectivity index (χ3v) is 2.13. The maximum absolute atomic E-state index is 10.4. The maximum Gasteiger partial charge on any atom is 0.336 e. The number of carboxylic acid groups (broad SMARTS) is 1. The second-order valence-corrected chi connectivity index (χ2v) is 3.02. The van der Waals surface area contributed by atoms with Gasteiger partial charge in [-0.05, 0) is 12.1 Å². The largest absolute Gasteiger partial charge is 0.478 e. The Morgan fingerprint density at radius 3 is 2.92 bits per heavy atom. The number of aromatic carboxylic acids is 1. The van der Waals surface area contributed by atoms with Crippen LogP contribution < -0.4 is 0 Å². The van der Waals surface area contributed by atoms with Crippen LogP contribution in [-0.2, 0) is 9.53 Å². The summed E-state index contributed by atoms with van der Waals surface area (Å²) in [5.74, 6) is -0.966. The first-order chi connectivity index (χ1) is 6.24. The van der Waals surface area contributed by atoms with Gasteiger partial charge >= 0.3 is 5.97 Å². The van der Waals surface area contributed by atoms with Gasteiger partial charge in [-0.15, -0.1) is 11.3 Å². The molecule has 1 rings (SSSR count). The molecule has 0 aliphatic heterocycles. The van der Waals surface area contributed by atoms with Gasteiger partial charge in [0, 0.05) is 10.3 Å². The van der Waals surface area contributed by atoms with E-state index in [2.05, 4.69) is 4.74 Å². The first kappa shape index (κ1) is 9.47. The van der Waals surface area contributed by atoms with Gasteiger partial charge in [-0.3, -0.25) is 4.79 Å². The van der Waals surface area contributed by atoms with E-state index in [9.17, 15) is 9.59 Å². The topological polar surface area (TPSA) is 63.6 Å². The molecule has 0 aliphatic carbocycles. The molecule has 1 aromatic rings. The lowest BCUT2D eigenvalue weighted by atomic mass is 10.3. The summed E-state index contributed by atoms with van der Waals surface area (Å²) in [6, 6.07) is 1.50. The van der Waals surface area contributed by atoms with Crippen LogP contribution in [0.3, 0.4) is 0 Å². The molecule has 0 atom stereocenters. The Bertz CT molecular complexity index is 340. The van der Waals surface area contributed by atoms with Crippen molar-refractivity contribution >= 4 is 29.9 Å². The van der Waals surface area contributed by atoms with Gasteiger partial charge in [-0.1, -0.05) is 0 Å². The molecule has 1 N–H and O–H groups in total. The normalized spacial score (nSPS) is 10.2. The Labute approximate surface area is 78.1 Å². The highest BCUT2D eigenvalue weighted by atomic mass is 32.1. The molecule has 0 saturated heterocycles. The molecule has 0 bridgehead atoms. The van der Waals surface area contributed by atoms with Crippen molar-refractivity contribution in [1.29, 1.82) is 0 Å². The molecule has 0 aliphatic rings. The number of hydrogen-bond acceptors (Lipinski definition) is 4. The lowest BCUT2D eigenvalue weighted by molar-refractivity contribution is -0.123. The zero-order valence-electron chi connectivity index (χ0n) is 6.47. The highest BCUT2D eigenvalue weighted by Crippen LogP contribution is 2.15. The summed E-state index contributed by atoms with van der Waals surface area (Å²) in [5, 5.41) is 10.1. The van der Waals surface area contributed by atoms with E-state index >= 15 is 0 Å². The van der Waals surface area contributed by atoms with E-state index in [1.165, 1.54) is 35.1 Å². The van der Waals surface area contributed by atoms with Crippen LogP contribution in [0, 0.1) is 0 Å². The fourth-order valence-electron chi connectivity index (χ4n) is 0.691. The molecule has 0 radical (unpaired) electrons. The van der Waals surface area contributed by atoms with Crippen LogP contribution in [0.2, 0.25) is 0 Å². The van der Waals surface area contributed by atoms with E-state index in [0.717, 1.165) is 4.88 Å². The van der Waals surface area contributed by atoms with Crippen molar-refractivity contribution in [2.24, 2.45) is 0 Å². The SMILES string of the molecule is O=CO/C=C/c1cc(C(=O)O)cs1. The molecule has 0 fully saturated rings. The molecule has 13 heavy (non-hydrogen) atoms. The predicted molar refractivity (Wildman–Crippen MR) is 47.5 cm³/mol. The Hall–Kier alpha value is -1.62. The monoisotopic (exact) mass is 198 g/mol. The summed E-state index contributed by atoms with van der Waals surface area (Å²) in [7, 11) is 0. The van der Waals surface area contributed by atoms with Gasteiger partial charge < -0.3 is 9.84 Å². The van der Waals surface area contributed by atoms with E-state index < -0.39 is 5.97 Å². The van der Waals surface area contributed by atoms with Gasteiger partial charge in [-0.25, -0.2) is 4.79 Å². The van der Waals surface area contributed by atoms with Crippen molar-refractivity contribution < 1.29 is 19.4 Å². The molecule has 1 heterocycles. The first-order valence-corrected chi connectivity index (χ1v) is 4.19. The number of carbonyl (C=O) groups is 2. The Balaban J connectivity index is 2.69. The number of carboxylic acids is 1. The molecule has 68 valence electrons. The third kappa shape index (κ3) is 2.72. The van der Waals surface area contributed by atoms with E-state index in [0.29, 0.717) is 6.47 Å². The van der Waals surface area contributed by atoms with Crippen LogP contribution in [-0.4, -0.2) is 17.5 Å². The van der Waals surface area contributed by atoms with Crippen molar-refractivity contribution in [3.05, 3.63) is 28.1 Å². The number of ether oxygens (including phenoxy) is 1. The lowest BCUT2D eigenvalue weighted by Gasteiger charge is -1.83. The number of hydrogen-bond donors (Lipinski definition) is 1. The van der Waals surface area contributed by atoms with Gasteiger partial charge in [-0.2, -0.15) is 0 Å². The van der Waals surface area contributed by atoms with E-state index in [4.69, 9.17) is 5.11 Å². The second kappa shape index (κ2) is 4.42. The van der Waals surface area contributed by atoms with Crippen LogP contribution in [0.4, 0.5) is 0 Å². The summed E-state index contributed by atoms with van der Waals surface area (Å²) in [6.07, 6.45) is 2.72. The standard InChI is InChI=1S/C8H6O4S/c9-5-12-2-1-7-3-6(4-13-7)8(10)11/h1-5H,(H,10,11)/b2-1+. The fourth-order valence-corrected chi connectivity index (χ4v) is 1.45. The third-order valence-electron chi connectivity index (χ3n) is 1.23. The molecule has 0 unspecified atom stereocenters. The van der Waals surface area contributed by atoms with Crippen molar-refractivity contribution in [2.75, 3.05) is 0 Å². The molecule has 0 amide bonds. The zero-order valence-corrected chi connectivity index (χ0v) is 7.28. The lowest BCUT2D eigenvalue weighted by Crippen LogP contribution is -1.91. The van der Waals surface area contributed by atoms with E-state index in [1.54, 1.807) is 0 Å². The van der Waals surface area contributed by atoms with Crippen molar-refractivity contribution in [1.82, 2.24) is 0 Å². The second-order valence-electron chi connectivity index (χ2n) is 2.08. The van der Waals surface area contributed by atoms with E-state index in [-0.39, 0.29) is 5.56 Å². The molecule has 0 aromatic carbocycles. The Morgan fingerprint density at radius 1 is 1.62 bits per heavy atom. The molecule has 4 nitrogen and oxygen atoms in total. The summed E-state index contributed by atoms with van der Waals surface area (Å²) in [6.45, 7) is 0.294. The number of carbonyl (C=O) groups excluding carboxylic acids is 1. The molecule has 1 aromatic heterocycles. The summed E-state index contributed by atoms with van der Waals surface area (Å²) < 4.78 is 4.31. The van der Waals surface area contributed by atoms with Crippen molar-refractivity contribution in [3.8, 4) is 0 Å². The molecule has 5 heteroatoms. The maximum atomic E-state index is 10.4. The van der Waals surface area contributed by atoms with Gasteiger partial charge in [0.25, 0.3) is 6.47 Å². The van der Waals surface area contributed by atoms with Crippen LogP contribution in [0.25, 0.3) is 6.08 Å². The van der Waals surface area contributed by atoms with Gasteiger partial charge in [0.15, 0.2) is 0 Å². The minimum Gasteiger partial charge on any atom is -0.478 e. The quantitative estimate of drug-likeness (QED) is 0.589. The predicted octanol–water partition coefficient (Wildman–Crippen LogP) is 1.59. The average Bonchev–Trinajstić information content (AvgIpc) is 2.53. The molecular formula is C8H6O4S. The van der Waals surface area contributed by atoms with Crippen LogP contribution in [0.1, 0.15) is 15.2 Å². The van der Waals surface area contributed by atoms with Crippen molar-refractivity contribution in [2.45, 2.75) is 0 Å². The average molecular weight is 198 g/mol. The zero-order chi connectivity index (χ0) is 9.68. The Kier molecular flexibility index (Phi) is 3.22. The molecular weight excluding hydrogens is 192 g/mol.